The fraction of sp³-hybridized carbons (Fsp3) is 1.00. The highest BCUT2D eigenvalue weighted by Crippen LogP contribution is 2.62. The van der Waals surface area contributed by atoms with E-state index in [1.54, 1.807) is 32.1 Å². The molecule has 3 saturated carbocycles. The van der Waals surface area contributed by atoms with Gasteiger partial charge in [-0.1, -0.05) is 27.2 Å². The highest BCUT2D eigenvalue weighted by molar-refractivity contribution is 5.03. The Morgan fingerprint density at radius 1 is 0.867 bits per heavy atom. The quantitative estimate of drug-likeness (QED) is 0.630. The topological polar surface area (TPSA) is 0 Å². The van der Waals surface area contributed by atoms with Crippen LogP contribution >= 0.6 is 0 Å². The highest BCUT2D eigenvalue weighted by Gasteiger charge is 2.54. The molecule has 0 aromatic rings. The van der Waals surface area contributed by atoms with Gasteiger partial charge in [0.25, 0.3) is 0 Å². The Morgan fingerprint density at radius 3 is 2.33 bits per heavy atom. The van der Waals surface area contributed by atoms with Crippen molar-refractivity contribution in [2.75, 3.05) is 0 Å². The van der Waals surface area contributed by atoms with Crippen molar-refractivity contribution in [3.8, 4) is 0 Å². The van der Waals surface area contributed by atoms with Crippen LogP contribution in [0.5, 0.6) is 0 Å². The van der Waals surface area contributed by atoms with Gasteiger partial charge < -0.3 is 0 Å². The van der Waals surface area contributed by atoms with Gasteiger partial charge >= 0.3 is 0 Å². The van der Waals surface area contributed by atoms with Gasteiger partial charge in [-0.2, -0.15) is 0 Å². The maximum absolute atomic E-state index is 2.51. The second-order valence-electron chi connectivity index (χ2n) is 6.92. The maximum atomic E-state index is 2.51. The molecule has 5 unspecified atom stereocenters. The van der Waals surface area contributed by atoms with Crippen LogP contribution in [0, 0.1) is 41.4 Å². The molecule has 0 saturated heterocycles. The van der Waals surface area contributed by atoms with E-state index in [1.165, 1.54) is 5.92 Å². The second kappa shape index (κ2) is 3.50. The molecule has 0 aromatic heterocycles. The third kappa shape index (κ3) is 1.40. The van der Waals surface area contributed by atoms with E-state index in [9.17, 15) is 0 Å². The molecule has 6 atom stereocenters. The van der Waals surface area contributed by atoms with Gasteiger partial charge in [-0.05, 0) is 67.1 Å². The van der Waals surface area contributed by atoms with Gasteiger partial charge in [0.2, 0.25) is 0 Å². The van der Waals surface area contributed by atoms with E-state index in [0.717, 1.165) is 35.5 Å². The van der Waals surface area contributed by atoms with Gasteiger partial charge in [-0.25, -0.2) is 0 Å². The molecule has 3 aliphatic carbocycles. The first-order chi connectivity index (χ1) is 7.18. The average molecular weight is 206 g/mol. The SMILES string of the molecule is CC(C)[C@H](C)C1CC2CC1C1CCCC21. The van der Waals surface area contributed by atoms with Crippen LogP contribution in [-0.2, 0) is 0 Å². The minimum absolute atomic E-state index is 0.897. The van der Waals surface area contributed by atoms with Gasteiger partial charge in [0, 0.05) is 0 Å². The molecular weight excluding hydrogens is 180 g/mol. The molecule has 0 aromatic carbocycles. The lowest BCUT2D eigenvalue weighted by Gasteiger charge is -2.36. The Morgan fingerprint density at radius 2 is 1.60 bits per heavy atom. The van der Waals surface area contributed by atoms with Crippen LogP contribution in [0.1, 0.15) is 52.9 Å². The number of hydrogen-bond acceptors (Lipinski definition) is 0. The first-order valence-corrected chi connectivity index (χ1v) is 7.18. The third-order valence-electron chi connectivity index (χ3n) is 6.21. The summed E-state index contributed by atoms with van der Waals surface area (Å²) in [5.74, 6) is 7.58. The van der Waals surface area contributed by atoms with E-state index in [2.05, 4.69) is 20.8 Å². The Bertz CT molecular complexity index is 242. The van der Waals surface area contributed by atoms with Crippen LogP contribution in [-0.4, -0.2) is 0 Å². The summed E-state index contributed by atoms with van der Waals surface area (Å²) in [6.07, 6.45) is 7.90. The van der Waals surface area contributed by atoms with Gasteiger partial charge in [0.05, 0.1) is 0 Å². The summed E-state index contributed by atoms with van der Waals surface area (Å²) in [4.78, 5) is 0. The zero-order chi connectivity index (χ0) is 10.6. The fourth-order valence-electron chi connectivity index (χ4n) is 5.22. The summed E-state index contributed by atoms with van der Waals surface area (Å²) >= 11 is 0. The summed E-state index contributed by atoms with van der Waals surface area (Å²) in [5, 5.41) is 0. The summed E-state index contributed by atoms with van der Waals surface area (Å²) in [5.41, 5.74) is 0. The van der Waals surface area contributed by atoms with Crippen LogP contribution in [0.3, 0.4) is 0 Å². The van der Waals surface area contributed by atoms with Crippen molar-refractivity contribution < 1.29 is 0 Å². The van der Waals surface area contributed by atoms with Crippen LogP contribution in [0.15, 0.2) is 0 Å². The van der Waals surface area contributed by atoms with E-state index in [-0.39, 0.29) is 0 Å². The molecule has 0 spiro atoms. The molecule has 0 heteroatoms. The van der Waals surface area contributed by atoms with Gasteiger partial charge in [0.1, 0.15) is 0 Å². The average Bonchev–Trinajstić information content (AvgIpc) is 2.87. The number of rotatable bonds is 2. The van der Waals surface area contributed by atoms with Crippen molar-refractivity contribution in [3.63, 3.8) is 0 Å². The number of hydrogen-bond donors (Lipinski definition) is 0. The third-order valence-corrected chi connectivity index (χ3v) is 6.21. The van der Waals surface area contributed by atoms with Gasteiger partial charge in [0.15, 0.2) is 0 Å². The van der Waals surface area contributed by atoms with E-state index < -0.39 is 0 Å². The van der Waals surface area contributed by atoms with E-state index in [0.29, 0.717) is 0 Å². The van der Waals surface area contributed by atoms with Crippen molar-refractivity contribution in [1.82, 2.24) is 0 Å². The normalized spacial score (nSPS) is 50.0. The van der Waals surface area contributed by atoms with Crippen molar-refractivity contribution in [2.24, 2.45) is 41.4 Å². The second-order valence-corrected chi connectivity index (χ2v) is 6.92. The smallest absolute Gasteiger partial charge is 0.0349 e. The van der Waals surface area contributed by atoms with Crippen LogP contribution < -0.4 is 0 Å². The largest absolute Gasteiger partial charge is 0.0625 e. The molecule has 0 amide bonds. The summed E-state index contributed by atoms with van der Waals surface area (Å²) < 4.78 is 0. The zero-order valence-electron chi connectivity index (χ0n) is 10.6. The van der Waals surface area contributed by atoms with Crippen molar-refractivity contribution in [3.05, 3.63) is 0 Å². The van der Waals surface area contributed by atoms with E-state index in [4.69, 9.17) is 0 Å². The fourth-order valence-corrected chi connectivity index (χ4v) is 5.22. The van der Waals surface area contributed by atoms with Gasteiger partial charge in [-0.15, -0.1) is 0 Å². The van der Waals surface area contributed by atoms with Crippen LogP contribution in [0.2, 0.25) is 0 Å². The molecule has 86 valence electrons. The molecule has 15 heavy (non-hydrogen) atoms. The lowest BCUT2D eigenvalue weighted by atomic mass is 9.69. The molecular formula is C15H26. The molecule has 3 aliphatic rings. The van der Waals surface area contributed by atoms with Crippen molar-refractivity contribution in [2.45, 2.75) is 52.9 Å². The molecule has 3 fully saturated rings. The van der Waals surface area contributed by atoms with Crippen molar-refractivity contribution >= 4 is 0 Å². The molecule has 3 rings (SSSR count). The van der Waals surface area contributed by atoms with E-state index >= 15 is 0 Å². The minimum atomic E-state index is 0.897. The molecule has 0 aliphatic heterocycles. The summed E-state index contributed by atoms with van der Waals surface area (Å²) in [7, 11) is 0. The molecule has 0 nitrogen and oxygen atoms in total. The molecule has 2 bridgehead atoms. The van der Waals surface area contributed by atoms with Gasteiger partial charge in [-0.3, -0.25) is 0 Å². The monoisotopic (exact) mass is 206 g/mol. The maximum Gasteiger partial charge on any atom is -0.0349 e. The first-order valence-electron chi connectivity index (χ1n) is 7.18. The first kappa shape index (κ1) is 10.2. The molecule has 0 radical (unpaired) electrons. The standard InChI is InChI=1S/C15H26/c1-9(2)10(3)14-7-11-8-15(14)13-6-4-5-12(11)13/h9-15H,4-8H2,1-3H3/t10-,11?,12?,13?,14?,15?/m0/s1. The lowest BCUT2D eigenvalue weighted by molar-refractivity contribution is 0.121. The zero-order valence-corrected chi connectivity index (χ0v) is 10.6. The minimum Gasteiger partial charge on any atom is -0.0625 e. The Hall–Kier alpha value is 0. The molecule has 0 N–H and O–H groups in total. The van der Waals surface area contributed by atoms with Crippen LogP contribution in [0.4, 0.5) is 0 Å². The highest BCUT2D eigenvalue weighted by atomic mass is 14.6. The predicted molar refractivity (Wildman–Crippen MR) is 64.5 cm³/mol. The summed E-state index contributed by atoms with van der Waals surface area (Å²) in [6.45, 7) is 7.35. The predicted octanol–water partition coefficient (Wildman–Crippen LogP) is 4.35. The lowest BCUT2D eigenvalue weighted by Crippen LogP contribution is -2.30. The Balaban J connectivity index is 1.75. The summed E-state index contributed by atoms with van der Waals surface area (Å²) in [6, 6.07) is 0. The number of fused-ring (bicyclic) bond motifs is 5. The Kier molecular flexibility index (Phi) is 2.37. The van der Waals surface area contributed by atoms with Crippen molar-refractivity contribution in [1.29, 1.82) is 0 Å². The van der Waals surface area contributed by atoms with E-state index in [1.807, 2.05) is 0 Å². The van der Waals surface area contributed by atoms with Crippen LogP contribution in [0.25, 0.3) is 0 Å². The molecule has 0 heterocycles. The Labute approximate surface area is 94.8 Å².